The van der Waals surface area contributed by atoms with Crippen LogP contribution in [0.4, 0.5) is 4.79 Å². The molecule has 0 N–H and O–H groups in total. The van der Waals surface area contributed by atoms with Crippen molar-refractivity contribution < 1.29 is 37.8 Å². The number of carbonyl (C=O) groups is 1. The molecule has 4 heterocycles. The van der Waals surface area contributed by atoms with Crippen molar-refractivity contribution in [3.05, 3.63) is 22.8 Å². The van der Waals surface area contributed by atoms with Gasteiger partial charge in [-0.25, -0.2) is 9.48 Å². The molecule has 48 heavy (non-hydrogen) atoms. The van der Waals surface area contributed by atoms with Gasteiger partial charge in [0, 0.05) is 43.2 Å². The van der Waals surface area contributed by atoms with Gasteiger partial charge >= 0.3 is 13.2 Å². The molecule has 0 aliphatic carbocycles. The molecule has 3 aliphatic rings. The average Bonchev–Trinajstić information content (AvgIpc) is 3.67. The largest absolute Gasteiger partial charge is 0.495 e. The molecule has 268 valence electrons. The average molecular weight is 692 g/mol. The Kier molecular flexibility index (Phi) is 12.1. The minimum atomic E-state index is -0.575. The Balaban J connectivity index is 1.25. The van der Waals surface area contributed by atoms with Crippen molar-refractivity contribution in [2.45, 2.75) is 122 Å². The first-order valence-corrected chi connectivity index (χ1v) is 17.9. The van der Waals surface area contributed by atoms with E-state index in [2.05, 4.69) is 27.7 Å². The first kappa shape index (κ1) is 37.3. The Morgan fingerprint density at radius 2 is 1.85 bits per heavy atom. The summed E-state index contributed by atoms with van der Waals surface area (Å²) in [7, 11) is 1.03. The molecule has 5 rings (SSSR count). The molecule has 1 aromatic heterocycles. The van der Waals surface area contributed by atoms with Crippen LogP contribution in [-0.2, 0) is 39.4 Å². The van der Waals surface area contributed by atoms with E-state index in [0.29, 0.717) is 31.4 Å². The number of likely N-dealkylation sites (tertiary alicyclic amines) is 1. The molecule has 0 radical (unpaired) electrons. The zero-order chi connectivity index (χ0) is 34.7. The van der Waals surface area contributed by atoms with E-state index in [9.17, 15) is 4.79 Å². The second-order valence-electron chi connectivity index (χ2n) is 15.4. The number of carbonyl (C=O) groups excluding carboxylic acids is 1. The molecule has 1 unspecified atom stereocenters. The van der Waals surface area contributed by atoms with E-state index < -0.39 is 23.9 Å². The Morgan fingerprint density at radius 1 is 1.10 bits per heavy atom. The highest BCUT2D eigenvalue weighted by Gasteiger charge is 2.53. The van der Waals surface area contributed by atoms with Gasteiger partial charge < -0.3 is 37.9 Å². The van der Waals surface area contributed by atoms with Crippen molar-refractivity contribution >= 4 is 41.2 Å². The standard InChI is InChI=1S/C35H55BClN3O8/c1-33(2,3)46-32(41)39-20-24(21-44-23-42-8)17-25(39)22-43-15-11-9-13-26-28(37)18-29-27(19-38-40(29)30-14-10-12-16-45-30)31(26)36-47-34(4,5)35(6,7)48-36/h18-19,24-25,30H,9-17,20-23H2,1-8H3/t24-,25-,30?/m0/s1. The molecule has 11 nitrogen and oxygen atoms in total. The van der Waals surface area contributed by atoms with E-state index in [1.165, 1.54) is 0 Å². The Hall–Kier alpha value is -1.93. The van der Waals surface area contributed by atoms with Gasteiger partial charge in [-0.3, -0.25) is 0 Å². The maximum Gasteiger partial charge on any atom is 0.495 e. The third-order valence-electron chi connectivity index (χ3n) is 9.88. The summed E-state index contributed by atoms with van der Waals surface area (Å²) >= 11 is 7.08. The van der Waals surface area contributed by atoms with Crippen LogP contribution in [0.3, 0.4) is 0 Å². The third-order valence-corrected chi connectivity index (χ3v) is 10.2. The van der Waals surface area contributed by atoms with E-state index in [1.807, 2.05) is 37.7 Å². The first-order chi connectivity index (χ1) is 22.7. The highest BCUT2D eigenvalue weighted by molar-refractivity contribution is 6.66. The lowest BCUT2D eigenvalue weighted by Gasteiger charge is -2.32. The summed E-state index contributed by atoms with van der Waals surface area (Å²) in [4.78, 5) is 14.8. The van der Waals surface area contributed by atoms with E-state index >= 15 is 0 Å². The highest BCUT2D eigenvalue weighted by atomic mass is 35.5. The van der Waals surface area contributed by atoms with Crippen molar-refractivity contribution in [1.29, 1.82) is 0 Å². The normalized spacial score (nSPS) is 24.1. The fourth-order valence-corrected chi connectivity index (χ4v) is 7.01. The van der Waals surface area contributed by atoms with Crippen molar-refractivity contribution in [3.8, 4) is 0 Å². The number of hydrogen-bond donors (Lipinski definition) is 0. The van der Waals surface area contributed by atoms with Crippen LogP contribution in [0.5, 0.6) is 0 Å². The molecule has 3 saturated heterocycles. The van der Waals surface area contributed by atoms with Crippen molar-refractivity contribution in [2.24, 2.45) is 5.92 Å². The van der Waals surface area contributed by atoms with Gasteiger partial charge in [-0.1, -0.05) is 11.6 Å². The Bertz CT molecular complexity index is 1370. The molecule has 3 atom stereocenters. The molecule has 1 aromatic carbocycles. The number of benzene rings is 1. The number of ether oxygens (including phenoxy) is 5. The Labute approximate surface area is 291 Å². The van der Waals surface area contributed by atoms with Crippen LogP contribution in [0.15, 0.2) is 12.3 Å². The fourth-order valence-electron chi connectivity index (χ4n) is 6.71. The summed E-state index contributed by atoms with van der Waals surface area (Å²) in [6.45, 7) is 16.9. The molecular weight excluding hydrogens is 637 g/mol. The smallest absolute Gasteiger partial charge is 0.444 e. The number of amides is 1. The minimum Gasteiger partial charge on any atom is -0.444 e. The summed E-state index contributed by atoms with van der Waals surface area (Å²) in [5.74, 6) is 0.195. The topological polar surface area (TPSA) is 103 Å². The number of rotatable bonds is 13. The zero-order valence-electron chi connectivity index (χ0n) is 30.1. The molecule has 2 aromatic rings. The van der Waals surface area contributed by atoms with Gasteiger partial charge in [0.15, 0.2) is 6.23 Å². The van der Waals surface area contributed by atoms with Gasteiger partial charge in [-0.15, -0.1) is 0 Å². The van der Waals surface area contributed by atoms with Crippen molar-refractivity contribution in [1.82, 2.24) is 14.7 Å². The lowest BCUT2D eigenvalue weighted by molar-refractivity contribution is -0.0424. The second kappa shape index (κ2) is 15.5. The summed E-state index contributed by atoms with van der Waals surface area (Å²) in [6.07, 6.45) is 7.76. The maximum absolute atomic E-state index is 13.0. The highest BCUT2D eigenvalue weighted by Crippen LogP contribution is 2.39. The monoisotopic (exact) mass is 691 g/mol. The van der Waals surface area contributed by atoms with E-state index in [4.69, 9.17) is 49.7 Å². The lowest BCUT2D eigenvalue weighted by Crippen LogP contribution is -2.42. The third kappa shape index (κ3) is 8.68. The summed E-state index contributed by atoms with van der Waals surface area (Å²) in [6, 6.07) is 1.94. The molecule has 0 bridgehead atoms. The fraction of sp³-hybridized carbons (Fsp3) is 0.771. The SMILES string of the molecule is COCOC[C@H]1C[C@@H](COCCCCc2c(Cl)cc3c(cnn3C3CCCCO3)c2B2OC(C)(C)C(C)(C)O2)N(C(=O)OC(C)(C)C)C1. The van der Waals surface area contributed by atoms with E-state index in [1.54, 1.807) is 12.0 Å². The lowest BCUT2D eigenvalue weighted by atomic mass is 9.73. The van der Waals surface area contributed by atoms with Crippen molar-refractivity contribution in [3.63, 3.8) is 0 Å². The number of aromatic nitrogens is 2. The predicted molar refractivity (Wildman–Crippen MR) is 186 cm³/mol. The Morgan fingerprint density at radius 3 is 2.52 bits per heavy atom. The second-order valence-corrected chi connectivity index (χ2v) is 15.8. The van der Waals surface area contributed by atoms with Gasteiger partial charge in [0.1, 0.15) is 12.4 Å². The number of nitrogens with zero attached hydrogens (tertiary/aromatic N) is 3. The quantitative estimate of drug-likeness (QED) is 0.137. The zero-order valence-corrected chi connectivity index (χ0v) is 30.9. The molecule has 1 amide bonds. The van der Waals surface area contributed by atoms with Gasteiger partial charge in [-0.05, 0) is 111 Å². The summed E-state index contributed by atoms with van der Waals surface area (Å²) in [5.41, 5.74) is 1.32. The van der Waals surface area contributed by atoms with Gasteiger partial charge in [0.05, 0.1) is 42.2 Å². The molecule has 13 heteroatoms. The predicted octanol–water partition coefficient (Wildman–Crippen LogP) is 6.27. The van der Waals surface area contributed by atoms with Crippen LogP contribution in [-0.4, -0.2) is 97.6 Å². The van der Waals surface area contributed by atoms with Crippen LogP contribution in [0.2, 0.25) is 5.02 Å². The van der Waals surface area contributed by atoms with Gasteiger partial charge in [-0.2, -0.15) is 5.10 Å². The maximum atomic E-state index is 13.0. The number of methoxy groups -OCH3 is 1. The van der Waals surface area contributed by atoms with Crippen LogP contribution in [0.1, 0.15) is 98.8 Å². The number of fused-ring (bicyclic) bond motifs is 1. The van der Waals surface area contributed by atoms with E-state index in [-0.39, 0.29) is 31.1 Å². The first-order valence-electron chi connectivity index (χ1n) is 17.5. The molecule has 0 saturated carbocycles. The minimum absolute atomic E-state index is 0.0764. The van der Waals surface area contributed by atoms with Crippen LogP contribution < -0.4 is 5.46 Å². The van der Waals surface area contributed by atoms with E-state index in [0.717, 1.165) is 73.5 Å². The molecule has 0 spiro atoms. The van der Waals surface area contributed by atoms with Crippen LogP contribution in [0, 0.1) is 5.92 Å². The number of hydrogen-bond acceptors (Lipinski definition) is 9. The summed E-state index contributed by atoms with van der Waals surface area (Å²) < 4.78 is 43.7. The van der Waals surface area contributed by atoms with Gasteiger partial charge in [0.2, 0.25) is 0 Å². The molecular formula is C35H55BClN3O8. The van der Waals surface area contributed by atoms with Gasteiger partial charge in [0.25, 0.3) is 0 Å². The van der Waals surface area contributed by atoms with Crippen LogP contribution in [0.25, 0.3) is 10.9 Å². The molecule has 3 aliphatic heterocycles. The summed E-state index contributed by atoms with van der Waals surface area (Å²) in [5, 5.41) is 6.43. The molecule has 3 fully saturated rings. The van der Waals surface area contributed by atoms with Crippen LogP contribution >= 0.6 is 11.6 Å². The van der Waals surface area contributed by atoms with Crippen molar-refractivity contribution in [2.75, 3.05) is 46.9 Å². The number of halogens is 1. The number of unbranched alkanes of at least 4 members (excludes halogenated alkanes) is 1.